The summed E-state index contributed by atoms with van der Waals surface area (Å²) in [6, 6.07) is 16.7. The molecule has 1 atom stereocenters. The zero-order valence-corrected chi connectivity index (χ0v) is 13.3. The van der Waals surface area contributed by atoms with Crippen molar-refractivity contribution >= 4 is 23.2 Å². The molecule has 1 aliphatic rings. The van der Waals surface area contributed by atoms with Gasteiger partial charge in [0.25, 0.3) is 0 Å². The third-order valence-electron chi connectivity index (χ3n) is 3.92. The minimum Gasteiger partial charge on any atom is -0.381 e. The highest BCUT2D eigenvalue weighted by molar-refractivity contribution is 5.95. The number of ether oxygens (including phenoxy) is 1. The van der Waals surface area contributed by atoms with Gasteiger partial charge in [-0.1, -0.05) is 36.4 Å². The van der Waals surface area contributed by atoms with Gasteiger partial charge in [0, 0.05) is 18.0 Å². The van der Waals surface area contributed by atoms with E-state index in [1.807, 2.05) is 30.3 Å². The first-order valence-electron chi connectivity index (χ1n) is 8.03. The minimum absolute atomic E-state index is 0.0414. The molecular weight excluding hydrogens is 304 g/mol. The molecule has 2 aromatic rings. The quantitative estimate of drug-likeness (QED) is 0.889. The summed E-state index contributed by atoms with van der Waals surface area (Å²) in [7, 11) is 0. The normalized spacial score (nSPS) is 16.6. The summed E-state index contributed by atoms with van der Waals surface area (Å²) >= 11 is 0. The van der Waals surface area contributed by atoms with Crippen molar-refractivity contribution in [2.45, 2.75) is 12.8 Å². The largest absolute Gasteiger partial charge is 0.381 e. The molecule has 5 heteroatoms. The number of rotatable bonds is 5. The Morgan fingerprint density at radius 1 is 1.00 bits per heavy atom. The molecule has 1 aliphatic heterocycles. The van der Waals surface area contributed by atoms with Crippen molar-refractivity contribution in [1.82, 2.24) is 0 Å². The summed E-state index contributed by atoms with van der Waals surface area (Å²) in [6.07, 6.45) is 1.07. The predicted molar refractivity (Wildman–Crippen MR) is 92.8 cm³/mol. The second kappa shape index (κ2) is 7.75. The number of nitrogens with one attached hydrogen (secondary N) is 2. The van der Waals surface area contributed by atoms with E-state index in [0.717, 1.165) is 12.0 Å². The van der Waals surface area contributed by atoms with Gasteiger partial charge in [0.2, 0.25) is 11.8 Å². The van der Waals surface area contributed by atoms with Crippen LogP contribution in [0.4, 0.5) is 11.4 Å². The molecule has 0 aromatic heterocycles. The van der Waals surface area contributed by atoms with E-state index in [1.54, 1.807) is 24.3 Å². The smallest absolute Gasteiger partial charge is 0.229 e. The molecule has 0 aliphatic carbocycles. The number of hydrogen-bond acceptors (Lipinski definition) is 3. The van der Waals surface area contributed by atoms with Crippen molar-refractivity contribution in [3.8, 4) is 0 Å². The van der Waals surface area contributed by atoms with Crippen LogP contribution in [-0.2, 0) is 20.7 Å². The van der Waals surface area contributed by atoms with Crippen LogP contribution in [0.3, 0.4) is 0 Å². The van der Waals surface area contributed by atoms with Crippen LogP contribution in [0.5, 0.6) is 0 Å². The maximum Gasteiger partial charge on any atom is 0.229 e. The van der Waals surface area contributed by atoms with Crippen LogP contribution in [0, 0.1) is 5.92 Å². The van der Waals surface area contributed by atoms with Crippen molar-refractivity contribution in [2.75, 3.05) is 23.8 Å². The number of carbonyl (C=O) groups excluding carboxylic acids is 2. The van der Waals surface area contributed by atoms with Gasteiger partial charge in [-0.25, -0.2) is 0 Å². The van der Waals surface area contributed by atoms with Gasteiger partial charge in [-0.15, -0.1) is 0 Å². The van der Waals surface area contributed by atoms with Gasteiger partial charge >= 0.3 is 0 Å². The molecule has 1 saturated heterocycles. The highest BCUT2D eigenvalue weighted by Gasteiger charge is 2.23. The lowest BCUT2D eigenvalue weighted by atomic mass is 10.1. The van der Waals surface area contributed by atoms with Crippen molar-refractivity contribution in [2.24, 2.45) is 5.92 Å². The monoisotopic (exact) mass is 324 g/mol. The molecule has 2 N–H and O–H groups in total. The van der Waals surface area contributed by atoms with Gasteiger partial charge in [0.15, 0.2) is 0 Å². The first kappa shape index (κ1) is 16.2. The van der Waals surface area contributed by atoms with Gasteiger partial charge in [-0.05, 0) is 30.2 Å². The van der Waals surface area contributed by atoms with Crippen molar-refractivity contribution in [1.29, 1.82) is 0 Å². The summed E-state index contributed by atoms with van der Waals surface area (Å²) in [4.78, 5) is 24.2. The second-order valence-electron chi connectivity index (χ2n) is 5.84. The summed E-state index contributed by atoms with van der Waals surface area (Å²) in [5.74, 6) is -0.226. The van der Waals surface area contributed by atoms with E-state index in [4.69, 9.17) is 4.74 Å². The van der Waals surface area contributed by atoms with Crippen LogP contribution in [0.1, 0.15) is 12.0 Å². The Labute approximate surface area is 141 Å². The zero-order valence-electron chi connectivity index (χ0n) is 13.3. The van der Waals surface area contributed by atoms with Gasteiger partial charge in [0.1, 0.15) is 0 Å². The molecule has 2 aromatic carbocycles. The molecule has 0 unspecified atom stereocenters. The molecule has 1 heterocycles. The topological polar surface area (TPSA) is 67.4 Å². The van der Waals surface area contributed by atoms with Gasteiger partial charge in [0.05, 0.1) is 18.9 Å². The average Bonchev–Trinajstić information content (AvgIpc) is 3.10. The second-order valence-corrected chi connectivity index (χ2v) is 5.84. The molecule has 0 spiro atoms. The Balaban J connectivity index is 1.58. The molecule has 0 radical (unpaired) electrons. The van der Waals surface area contributed by atoms with Crippen molar-refractivity contribution < 1.29 is 14.3 Å². The zero-order chi connectivity index (χ0) is 16.8. The number of benzene rings is 2. The first-order chi connectivity index (χ1) is 11.7. The summed E-state index contributed by atoms with van der Waals surface area (Å²) < 4.78 is 5.23. The molecule has 0 bridgehead atoms. The molecule has 5 nitrogen and oxygen atoms in total. The van der Waals surface area contributed by atoms with Gasteiger partial charge in [-0.3, -0.25) is 9.59 Å². The lowest BCUT2D eigenvalue weighted by Gasteiger charge is -2.11. The minimum atomic E-state index is -0.0960. The van der Waals surface area contributed by atoms with Gasteiger partial charge < -0.3 is 15.4 Å². The van der Waals surface area contributed by atoms with E-state index in [0.29, 0.717) is 31.0 Å². The molecule has 2 amide bonds. The van der Waals surface area contributed by atoms with E-state index in [2.05, 4.69) is 10.6 Å². The van der Waals surface area contributed by atoms with E-state index >= 15 is 0 Å². The van der Waals surface area contributed by atoms with Crippen LogP contribution in [0.25, 0.3) is 0 Å². The molecule has 1 fully saturated rings. The fourth-order valence-electron chi connectivity index (χ4n) is 2.65. The van der Waals surface area contributed by atoms with Crippen molar-refractivity contribution in [3.05, 3.63) is 60.2 Å². The molecule has 24 heavy (non-hydrogen) atoms. The highest BCUT2D eigenvalue weighted by Crippen LogP contribution is 2.19. The maximum absolute atomic E-state index is 12.1. The Morgan fingerprint density at radius 2 is 1.75 bits per heavy atom. The Kier molecular flexibility index (Phi) is 5.23. The van der Waals surface area contributed by atoms with Gasteiger partial charge in [-0.2, -0.15) is 0 Å². The number of carbonyl (C=O) groups is 2. The van der Waals surface area contributed by atoms with E-state index < -0.39 is 0 Å². The molecule has 0 saturated carbocycles. The lowest BCUT2D eigenvalue weighted by Crippen LogP contribution is -2.23. The van der Waals surface area contributed by atoms with Crippen molar-refractivity contribution in [3.63, 3.8) is 0 Å². The van der Waals surface area contributed by atoms with E-state index in [1.165, 1.54) is 0 Å². The van der Waals surface area contributed by atoms with Crippen LogP contribution in [0.15, 0.2) is 54.6 Å². The average molecular weight is 324 g/mol. The Hall–Kier alpha value is -2.66. The van der Waals surface area contributed by atoms with E-state index in [-0.39, 0.29) is 17.7 Å². The molecule has 3 rings (SSSR count). The molecular formula is C19H20N2O3. The van der Waals surface area contributed by atoms with Crippen LogP contribution < -0.4 is 10.6 Å². The Bertz CT molecular complexity index is 710. The number of hydrogen-bond donors (Lipinski definition) is 2. The highest BCUT2D eigenvalue weighted by atomic mass is 16.5. The fraction of sp³-hybridized carbons (Fsp3) is 0.263. The summed E-state index contributed by atoms with van der Waals surface area (Å²) in [5, 5.41) is 5.74. The lowest BCUT2D eigenvalue weighted by molar-refractivity contribution is -0.119. The fourth-order valence-corrected chi connectivity index (χ4v) is 2.65. The third kappa shape index (κ3) is 4.43. The Morgan fingerprint density at radius 3 is 2.46 bits per heavy atom. The summed E-state index contributed by atoms with van der Waals surface area (Å²) in [5.41, 5.74) is 2.29. The predicted octanol–water partition coefficient (Wildman–Crippen LogP) is 2.84. The standard InChI is InChI=1S/C19H20N2O3/c22-18(11-14-5-2-1-3-6-14)20-16-7-4-8-17(12-16)21-19(23)15-9-10-24-13-15/h1-8,12,15H,9-11,13H2,(H,20,22)(H,21,23)/t15-/m0/s1. The third-order valence-corrected chi connectivity index (χ3v) is 3.92. The number of anilines is 2. The van der Waals surface area contributed by atoms with Crippen LogP contribution >= 0.6 is 0 Å². The van der Waals surface area contributed by atoms with E-state index in [9.17, 15) is 9.59 Å². The van der Waals surface area contributed by atoms with Crippen LogP contribution in [-0.4, -0.2) is 25.0 Å². The molecule has 124 valence electrons. The number of amides is 2. The SMILES string of the molecule is O=C(Cc1ccccc1)Nc1cccc(NC(=O)[C@H]2CCOC2)c1. The maximum atomic E-state index is 12.1. The first-order valence-corrected chi connectivity index (χ1v) is 8.03. The summed E-state index contributed by atoms with van der Waals surface area (Å²) in [6.45, 7) is 1.10. The van der Waals surface area contributed by atoms with Crippen LogP contribution in [0.2, 0.25) is 0 Å².